The Morgan fingerprint density at radius 2 is 2.00 bits per heavy atom. The van der Waals surface area contributed by atoms with E-state index in [1.165, 1.54) is 0 Å². The highest BCUT2D eigenvalue weighted by Gasteiger charge is 2.20. The van der Waals surface area contributed by atoms with Crippen molar-refractivity contribution in [2.24, 2.45) is 17.4 Å². The summed E-state index contributed by atoms with van der Waals surface area (Å²) in [6.45, 7) is 3.82. The van der Waals surface area contributed by atoms with Gasteiger partial charge in [-0.15, -0.1) is 9.24 Å². The third-order valence-corrected chi connectivity index (χ3v) is 2.09. The molecule has 1 amide bonds. The molecular weight excluding hydrogens is 159 g/mol. The number of amides is 1. The Bertz CT molecular complexity index is 136. The first-order valence-corrected chi connectivity index (χ1v) is 4.42. The van der Waals surface area contributed by atoms with E-state index in [1.54, 1.807) is 0 Å². The van der Waals surface area contributed by atoms with Crippen LogP contribution in [0.4, 0.5) is 0 Å². The van der Waals surface area contributed by atoms with Gasteiger partial charge in [-0.25, -0.2) is 0 Å². The highest BCUT2D eigenvalue weighted by atomic mass is 31.0. The van der Waals surface area contributed by atoms with Crippen LogP contribution in [0.25, 0.3) is 0 Å². The third kappa shape index (κ3) is 4.33. The highest BCUT2D eigenvalue weighted by molar-refractivity contribution is 7.17. The first kappa shape index (κ1) is 10.9. The van der Waals surface area contributed by atoms with Crippen LogP contribution in [0.3, 0.4) is 0 Å². The third-order valence-electron chi connectivity index (χ3n) is 1.63. The Hall–Kier alpha value is -0.140. The monoisotopic (exact) mass is 176 g/mol. The molecule has 4 atom stereocenters. The van der Waals surface area contributed by atoms with E-state index < -0.39 is 0 Å². The molecule has 0 heterocycles. The number of nitrogens with two attached hydrogens (primary N) is 2. The molecule has 66 valence electrons. The lowest BCUT2D eigenvalue weighted by molar-refractivity contribution is -0.122. The number of carbonyl (C=O) groups is 1. The second-order valence-electron chi connectivity index (χ2n) is 3.08. The van der Waals surface area contributed by atoms with Crippen LogP contribution in [-0.4, -0.2) is 17.6 Å². The number of primary amides is 1. The second kappa shape index (κ2) is 4.68. The minimum atomic E-state index is -0.259. The normalized spacial score (nSPS) is 18.9. The smallest absolute Gasteiger partial charge is 0.221 e. The maximum Gasteiger partial charge on any atom is 0.221 e. The minimum absolute atomic E-state index is 0.0375. The van der Waals surface area contributed by atoms with Crippen molar-refractivity contribution in [2.75, 3.05) is 0 Å². The van der Waals surface area contributed by atoms with E-state index in [0.717, 1.165) is 0 Å². The van der Waals surface area contributed by atoms with Gasteiger partial charge in [0.1, 0.15) is 0 Å². The molecule has 0 aromatic rings. The van der Waals surface area contributed by atoms with E-state index in [1.807, 2.05) is 13.8 Å². The average Bonchev–Trinajstić information content (AvgIpc) is 1.81. The summed E-state index contributed by atoms with van der Waals surface area (Å²) in [4.78, 5) is 10.8. The van der Waals surface area contributed by atoms with Crippen LogP contribution in [0.5, 0.6) is 0 Å². The standard InChI is InChI=1S/C7H17N2OP/c1-4(8)3-6(5(2)11)7(9)10/h4-6H,3,8,11H2,1-2H3,(H2,9,10). The van der Waals surface area contributed by atoms with Crippen LogP contribution in [0.2, 0.25) is 0 Å². The SMILES string of the molecule is CC(N)CC(C(N)=O)C(C)P. The number of hydrogen-bond donors (Lipinski definition) is 2. The first-order chi connectivity index (χ1) is 4.95. The van der Waals surface area contributed by atoms with Crippen LogP contribution >= 0.6 is 9.24 Å². The van der Waals surface area contributed by atoms with Gasteiger partial charge in [-0.3, -0.25) is 4.79 Å². The topological polar surface area (TPSA) is 69.1 Å². The highest BCUT2D eigenvalue weighted by Crippen LogP contribution is 2.17. The van der Waals surface area contributed by atoms with E-state index in [-0.39, 0.29) is 23.5 Å². The minimum Gasteiger partial charge on any atom is -0.369 e. The zero-order chi connectivity index (χ0) is 9.02. The van der Waals surface area contributed by atoms with Crippen molar-refractivity contribution in [3.8, 4) is 0 Å². The Labute approximate surface area is 70.1 Å². The van der Waals surface area contributed by atoms with Gasteiger partial charge in [0, 0.05) is 12.0 Å². The molecule has 0 aliphatic rings. The molecule has 4 N–H and O–H groups in total. The van der Waals surface area contributed by atoms with Crippen LogP contribution < -0.4 is 11.5 Å². The molecule has 0 radical (unpaired) electrons. The molecule has 0 aliphatic carbocycles. The van der Waals surface area contributed by atoms with Gasteiger partial charge in [-0.2, -0.15) is 0 Å². The molecule has 0 aromatic heterocycles. The van der Waals surface area contributed by atoms with Crippen molar-refractivity contribution in [3.05, 3.63) is 0 Å². The summed E-state index contributed by atoms with van der Waals surface area (Å²) in [6, 6.07) is 0.0375. The number of rotatable bonds is 4. The van der Waals surface area contributed by atoms with Crippen molar-refractivity contribution < 1.29 is 4.79 Å². The molecule has 4 heteroatoms. The lowest BCUT2D eigenvalue weighted by atomic mass is 9.97. The van der Waals surface area contributed by atoms with Crippen LogP contribution in [0.1, 0.15) is 20.3 Å². The summed E-state index contributed by atoms with van der Waals surface area (Å²) in [5.74, 6) is -0.371. The summed E-state index contributed by atoms with van der Waals surface area (Å²) >= 11 is 0. The van der Waals surface area contributed by atoms with Crippen LogP contribution in [0, 0.1) is 5.92 Å². The van der Waals surface area contributed by atoms with Gasteiger partial charge in [0.25, 0.3) is 0 Å². The number of carbonyl (C=O) groups excluding carboxylic acids is 1. The Balaban J connectivity index is 4.01. The van der Waals surface area contributed by atoms with E-state index in [0.29, 0.717) is 6.42 Å². The molecule has 3 nitrogen and oxygen atoms in total. The maximum absolute atomic E-state index is 10.8. The van der Waals surface area contributed by atoms with Crippen LogP contribution in [0.15, 0.2) is 0 Å². The molecule has 0 aliphatic heterocycles. The molecule has 0 bridgehead atoms. The van der Waals surface area contributed by atoms with Gasteiger partial charge in [0.15, 0.2) is 0 Å². The van der Waals surface area contributed by atoms with Gasteiger partial charge >= 0.3 is 0 Å². The molecule has 0 spiro atoms. The molecule has 0 rings (SSSR count). The Morgan fingerprint density at radius 1 is 1.55 bits per heavy atom. The Morgan fingerprint density at radius 3 is 2.09 bits per heavy atom. The lowest BCUT2D eigenvalue weighted by Gasteiger charge is -2.18. The molecule has 0 fully saturated rings. The lowest BCUT2D eigenvalue weighted by Crippen LogP contribution is -2.33. The fourth-order valence-electron chi connectivity index (χ4n) is 0.990. The van der Waals surface area contributed by atoms with Gasteiger partial charge in [-0.1, -0.05) is 6.92 Å². The summed E-state index contributed by atoms with van der Waals surface area (Å²) in [7, 11) is 2.57. The molecule has 0 saturated heterocycles. The average molecular weight is 176 g/mol. The fourth-order valence-corrected chi connectivity index (χ4v) is 1.34. The summed E-state index contributed by atoms with van der Waals surface area (Å²) in [5, 5.41) is 0. The maximum atomic E-state index is 10.8. The van der Waals surface area contributed by atoms with Gasteiger partial charge in [0.2, 0.25) is 5.91 Å². The largest absolute Gasteiger partial charge is 0.369 e. The summed E-state index contributed by atoms with van der Waals surface area (Å²) in [5.41, 5.74) is 10.9. The molecule has 11 heavy (non-hydrogen) atoms. The van der Waals surface area contributed by atoms with Crippen molar-refractivity contribution in [3.63, 3.8) is 0 Å². The fraction of sp³-hybridized carbons (Fsp3) is 0.857. The molecular formula is C7H17N2OP. The molecule has 0 aromatic carbocycles. The zero-order valence-electron chi connectivity index (χ0n) is 7.08. The van der Waals surface area contributed by atoms with Gasteiger partial charge in [-0.05, 0) is 19.0 Å². The van der Waals surface area contributed by atoms with Crippen molar-refractivity contribution in [1.82, 2.24) is 0 Å². The first-order valence-electron chi connectivity index (χ1n) is 3.75. The van der Waals surface area contributed by atoms with Gasteiger partial charge < -0.3 is 11.5 Å². The predicted molar refractivity (Wildman–Crippen MR) is 50.1 cm³/mol. The molecule has 0 saturated carbocycles. The zero-order valence-corrected chi connectivity index (χ0v) is 8.23. The molecule has 4 unspecified atom stereocenters. The van der Waals surface area contributed by atoms with E-state index >= 15 is 0 Å². The van der Waals surface area contributed by atoms with E-state index in [4.69, 9.17) is 11.5 Å². The van der Waals surface area contributed by atoms with Crippen LogP contribution in [-0.2, 0) is 4.79 Å². The van der Waals surface area contributed by atoms with Crippen molar-refractivity contribution in [1.29, 1.82) is 0 Å². The van der Waals surface area contributed by atoms with Gasteiger partial charge in [0.05, 0.1) is 0 Å². The summed E-state index contributed by atoms with van der Waals surface area (Å²) in [6.07, 6.45) is 0.667. The van der Waals surface area contributed by atoms with E-state index in [9.17, 15) is 4.79 Å². The predicted octanol–water partition coefficient (Wildman–Crippen LogP) is 0.0888. The quantitative estimate of drug-likeness (QED) is 0.596. The van der Waals surface area contributed by atoms with E-state index in [2.05, 4.69) is 9.24 Å². The van der Waals surface area contributed by atoms with Crippen molar-refractivity contribution in [2.45, 2.75) is 32.0 Å². The van der Waals surface area contributed by atoms with Crippen molar-refractivity contribution >= 4 is 15.1 Å². The number of hydrogen-bond acceptors (Lipinski definition) is 2. The summed E-state index contributed by atoms with van der Waals surface area (Å²) < 4.78 is 0. The Kier molecular flexibility index (Phi) is 4.62. The second-order valence-corrected chi connectivity index (χ2v) is 4.13.